The van der Waals surface area contributed by atoms with Crippen LogP contribution < -0.4 is 10.9 Å². The van der Waals surface area contributed by atoms with Gasteiger partial charge in [0.15, 0.2) is 10.8 Å². The van der Waals surface area contributed by atoms with Crippen LogP contribution in [0.5, 0.6) is 0 Å². The summed E-state index contributed by atoms with van der Waals surface area (Å²) in [5.74, 6) is 0.0843. The Hall–Kier alpha value is -2.67. The van der Waals surface area contributed by atoms with E-state index in [1.54, 1.807) is 5.38 Å². The van der Waals surface area contributed by atoms with Crippen molar-refractivity contribution in [1.29, 1.82) is 0 Å². The molecule has 6 nitrogen and oxygen atoms in total. The summed E-state index contributed by atoms with van der Waals surface area (Å²) in [6.07, 6.45) is 1.03. The van der Waals surface area contributed by atoms with Gasteiger partial charge in [-0.3, -0.25) is 0 Å². The fourth-order valence-electron chi connectivity index (χ4n) is 2.74. The van der Waals surface area contributed by atoms with Crippen LogP contribution in [0.25, 0.3) is 11.0 Å². The highest BCUT2D eigenvalue weighted by Gasteiger charge is 2.15. The number of hydrogen-bond donors (Lipinski definition) is 1. The quantitative estimate of drug-likeness (QED) is 0.458. The second-order valence-electron chi connectivity index (χ2n) is 7.25. The number of carbonyl (C=O) groups is 1. The van der Waals surface area contributed by atoms with E-state index in [9.17, 15) is 9.59 Å². The standard InChI is InChI=1S/C21H24N2O4S/c1-12(2)5-6-22-21-23-17(11-28-21)20(25)26-10-15-9-19(24)27-18-8-14(4)13(3)7-16(15)18/h7-9,11-12H,5-6,10H2,1-4H3,(H,22,23). The van der Waals surface area contributed by atoms with Crippen LogP contribution in [0.3, 0.4) is 0 Å². The molecule has 0 aliphatic rings. The van der Waals surface area contributed by atoms with Crippen LogP contribution in [0.15, 0.2) is 32.8 Å². The van der Waals surface area contributed by atoms with Crippen molar-refractivity contribution >= 4 is 33.4 Å². The third kappa shape index (κ3) is 4.78. The van der Waals surface area contributed by atoms with Crippen LogP contribution >= 0.6 is 11.3 Å². The van der Waals surface area contributed by atoms with Gasteiger partial charge >= 0.3 is 11.6 Å². The predicted molar refractivity (Wildman–Crippen MR) is 111 cm³/mol. The van der Waals surface area contributed by atoms with Crippen molar-refractivity contribution in [2.45, 2.75) is 40.7 Å². The molecule has 0 atom stereocenters. The summed E-state index contributed by atoms with van der Waals surface area (Å²) >= 11 is 1.37. The van der Waals surface area contributed by atoms with Crippen LogP contribution in [0.1, 0.15) is 47.4 Å². The first-order chi connectivity index (χ1) is 13.3. The normalized spacial score (nSPS) is 11.2. The summed E-state index contributed by atoms with van der Waals surface area (Å²) in [7, 11) is 0. The molecule has 3 aromatic rings. The third-order valence-electron chi connectivity index (χ3n) is 4.51. The highest BCUT2D eigenvalue weighted by Crippen LogP contribution is 2.23. The van der Waals surface area contributed by atoms with E-state index in [1.165, 1.54) is 17.4 Å². The summed E-state index contributed by atoms with van der Waals surface area (Å²) in [6.45, 7) is 9.04. The first-order valence-electron chi connectivity index (χ1n) is 9.24. The molecule has 0 unspecified atom stereocenters. The van der Waals surface area contributed by atoms with Crippen LogP contribution in [-0.2, 0) is 11.3 Å². The van der Waals surface area contributed by atoms with Gasteiger partial charge in [0.1, 0.15) is 12.2 Å². The van der Waals surface area contributed by atoms with Crippen molar-refractivity contribution in [3.63, 3.8) is 0 Å². The van der Waals surface area contributed by atoms with E-state index in [-0.39, 0.29) is 12.3 Å². The molecule has 0 radical (unpaired) electrons. The highest BCUT2D eigenvalue weighted by atomic mass is 32.1. The molecule has 0 bridgehead atoms. The molecular formula is C21H24N2O4S. The molecule has 148 valence electrons. The molecule has 3 rings (SSSR count). The molecular weight excluding hydrogens is 376 g/mol. The molecule has 0 spiro atoms. The number of aromatic nitrogens is 1. The van der Waals surface area contributed by atoms with Crippen molar-refractivity contribution in [2.24, 2.45) is 5.92 Å². The Kier molecular flexibility index (Phi) is 6.14. The average Bonchev–Trinajstić information content (AvgIpc) is 3.09. The first-order valence-corrected chi connectivity index (χ1v) is 10.1. The number of hydrogen-bond acceptors (Lipinski definition) is 7. The minimum Gasteiger partial charge on any atom is -0.456 e. The summed E-state index contributed by atoms with van der Waals surface area (Å²) < 4.78 is 10.7. The molecule has 2 aromatic heterocycles. The van der Waals surface area contributed by atoms with E-state index < -0.39 is 11.6 Å². The number of thiazole rings is 1. The van der Waals surface area contributed by atoms with E-state index in [0.717, 1.165) is 29.5 Å². The number of ether oxygens (including phenoxy) is 1. The Morgan fingerprint density at radius 3 is 2.75 bits per heavy atom. The maximum atomic E-state index is 12.3. The number of nitrogens with zero attached hydrogens (tertiary/aromatic N) is 1. The lowest BCUT2D eigenvalue weighted by atomic mass is 10.0. The van der Waals surface area contributed by atoms with Gasteiger partial charge < -0.3 is 14.5 Å². The summed E-state index contributed by atoms with van der Waals surface area (Å²) in [6, 6.07) is 5.13. The number of nitrogens with one attached hydrogen (secondary N) is 1. The predicted octanol–water partition coefficient (Wildman–Crippen LogP) is 4.68. The molecule has 0 saturated heterocycles. The van der Waals surface area contributed by atoms with Crippen LogP contribution in [0, 0.1) is 19.8 Å². The van der Waals surface area contributed by atoms with Gasteiger partial charge in [-0.05, 0) is 49.4 Å². The number of carbonyl (C=O) groups excluding carboxylic acids is 1. The van der Waals surface area contributed by atoms with E-state index in [0.29, 0.717) is 22.2 Å². The zero-order chi connectivity index (χ0) is 20.3. The lowest BCUT2D eigenvalue weighted by Crippen LogP contribution is -2.09. The fourth-order valence-corrected chi connectivity index (χ4v) is 3.44. The number of rotatable bonds is 7. The maximum Gasteiger partial charge on any atom is 0.358 e. The van der Waals surface area contributed by atoms with Gasteiger partial charge in [0, 0.05) is 28.9 Å². The fraction of sp³-hybridized carbons (Fsp3) is 0.381. The Morgan fingerprint density at radius 1 is 1.25 bits per heavy atom. The summed E-state index contributed by atoms with van der Waals surface area (Å²) in [5, 5.41) is 6.35. The van der Waals surface area contributed by atoms with Crippen molar-refractivity contribution in [3.05, 3.63) is 56.4 Å². The lowest BCUT2D eigenvalue weighted by Gasteiger charge is -2.08. The Labute approximate surface area is 167 Å². The average molecular weight is 401 g/mol. The third-order valence-corrected chi connectivity index (χ3v) is 5.31. The van der Waals surface area contributed by atoms with E-state index in [1.807, 2.05) is 26.0 Å². The van der Waals surface area contributed by atoms with Gasteiger partial charge in [0.05, 0.1) is 0 Å². The number of benzene rings is 1. The summed E-state index contributed by atoms with van der Waals surface area (Å²) in [5.41, 5.74) is 3.01. The first kappa shape index (κ1) is 20.1. The zero-order valence-electron chi connectivity index (χ0n) is 16.5. The van der Waals surface area contributed by atoms with Gasteiger partial charge in [-0.2, -0.15) is 0 Å². The Morgan fingerprint density at radius 2 is 2.00 bits per heavy atom. The topological polar surface area (TPSA) is 81.4 Å². The monoisotopic (exact) mass is 400 g/mol. The number of aryl methyl sites for hydroxylation is 2. The van der Waals surface area contributed by atoms with Crippen molar-refractivity contribution in [1.82, 2.24) is 4.98 Å². The SMILES string of the molecule is Cc1cc2oc(=O)cc(COC(=O)c3csc(NCCC(C)C)n3)c2cc1C. The Bertz CT molecular complexity index is 1050. The molecule has 7 heteroatoms. The number of fused-ring (bicyclic) bond motifs is 1. The molecule has 1 aromatic carbocycles. The number of anilines is 1. The summed E-state index contributed by atoms with van der Waals surface area (Å²) in [4.78, 5) is 28.5. The molecule has 0 saturated carbocycles. The van der Waals surface area contributed by atoms with Crippen LogP contribution in [0.4, 0.5) is 5.13 Å². The van der Waals surface area contributed by atoms with Crippen LogP contribution in [0.2, 0.25) is 0 Å². The van der Waals surface area contributed by atoms with Gasteiger partial charge in [0.2, 0.25) is 0 Å². The highest BCUT2D eigenvalue weighted by molar-refractivity contribution is 7.13. The number of esters is 1. The second-order valence-corrected chi connectivity index (χ2v) is 8.10. The minimum absolute atomic E-state index is 0.0168. The molecule has 0 aliphatic carbocycles. The molecule has 0 fully saturated rings. The minimum atomic E-state index is -0.515. The van der Waals surface area contributed by atoms with Crippen molar-refractivity contribution < 1.29 is 13.9 Å². The zero-order valence-corrected chi connectivity index (χ0v) is 17.3. The largest absolute Gasteiger partial charge is 0.456 e. The van der Waals surface area contributed by atoms with Crippen molar-refractivity contribution in [2.75, 3.05) is 11.9 Å². The van der Waals surface area contributed by atoms with Gasteiger partial charge in [0.25, 0.3) is 0 Å². The van der Waals surface area contributed by atoms with E-state index >= 15 is 0 Å². The van der Waals surface area contributed by atoms with Gasteiger partial charge in [-0.25, -0.2) is 14.6 Å². The van der Waals surface area contributed by atoms with E-state index in [4.69, 9.17) is 9.15 Å². The lowest BCUT2D eigenvalue weighted by molar-refractivity contribution is 0.0468. The second kappa shape index (κ2) is 8.56. The molecule has 0 aliphatic heterocycles. The van der Waals surface area contributed by atoms with Gasteiger partial charge in [-0.1, -0.05) is 13.8 Å². The molecule has 2 heterocycles. The van der Waals surface area contributed by atoms with Crippen molar-refractivity contribution in [3.8, 4) is 0 Å². The smallest absolute Gasteiger partial charge is 0.358 e. The Balaban J connectivity index is 1.70. The van der Waals surface area contributed by atoms with Gasteiger partial charge in [-0.15, -0.1) is 11.3 Å². The van der Waals surface area contributed by atoms with E-state index in [2.05, 4.69) is 24.1 Å². The molecule has 28 heavy (non-hydrogen) atoms. The maximum absolute atomic E-state index is 12.3. The molecule has 0 amide bonds. The van der Waals surface area contributed by atoms with Crippen LogP contribution in [-0.4, -0.2) is 17.5 Å². The molecule has 1 N–H and O–H groups in total.